The summed E-state index contributed by atoms with van der Waals surface area (Å²) >= 11 is 0. The van der Waals surface area contributed by atoms with E-state index in [1.165, 1.54) is 35.1 Å². The van der Waals surface area contributed by atoms with Crippen molar-refractivity contribution in [2.24, 2.45) is 14.1 Å². The van der Waals surface area contributed by atoms with Crippen LogP contribution >= 0.6 is 0 Å². The predicted molar refractivity (Wildman–Crippen MR) is 115 cm³/mol. The van der Waals surface area contributed by atoms with Gasteiger partial charge in [0, 0.05) is 39.3 Å². The molecule has 0 spiro atoms. The highest BCUT2D eigenvalue weighted by Crippen LogP contribution is 2.23. The van der Waals surface area contributed by atoms with Crippen LogP contribution in [0.3, 0.4) is 0 Å². The zero-order valence-electron chi connectivity index (χ0n) is 17.7. The Labute approximate surface area is 177 Å². The van der Waals surface area contributed by atoms with Crippen LogP contribution in [0.4, 0.5) is 5.69 Å². The van der Waals surface area contributed by atoms with Crippen molar-refractivity contribution in [3.8, 4) is 0 Å². The molecule has 0 radical (unpaired) electrons. The molecule has 4 rings (SSSR count). The monoisotopic (exact) mass is 424 g/mol. The number of nitrogens with zero attached hydrogens (tertiary/aromatic N) is 5. The van der Waals surface area contributed by atoms with Gasteiger partial charge < -0.3 is 14.8 Å². The van der Waals surface area contributed by atoms with Gasteiger partial charge in [0.15, 0.2) is 11.2 Å². The van der Waals surface area contributed by atoms with E-state index in [0.29, 0.717) is 25.2 Å². The molecular weight excluding hydrogens is 400 g/mol. The van der Waals surface area contributed by atoms with Gasteiger partial charge in [-0.2, -0.15) is 0 Å². The fraction of sp³-hybridized carbons (Fsp3) is 0.381. The Morgan fingerprint density at radius 3 is 2.65 bits per heavy atom. The Kier molecular flexibility index (Phi) is 5.22. The molecule has 0 saturated carbocycles. The smallest absolute Gasteiger partial charge is 0.332 e. The molecule has 10 nitrogen and oxygen atoms in total. The highest BCUT2D eigenvalue weighted by Gasteiger charge is 2.20. The Hall–Kier alpha value is -3.69. The van der Waals surface area contributed by atoms with Crippen molar-refractivity contribution >= 4 is 28.7 Å². The maximum Gasteiger partial charge on any atom is 0.332 e. The fourth-order valence-electron chi connectivity index (χ4n) is 3.94. The Morgan fingerprint density at radius 1 is 1.13 bits per heavy atom. The summed E-state index contributed by atoms with van der Waals surface area (Å²) in [5.41, 5.74) is 2.26. The molecule has 0 atom stereocenters. The van der Waals surface area contributed by atoms with E-state index in [4.69, 9.17) is 0 Å². The van der Waals surface area contributed by atoms with Crippen molar-refractivity contribution in [1.82, 2.24) is 23.6 Å². The van der Waals surface area contributed by atoms with E-state index in [2.05, 4.69) is 10.3 Å². The number of aryl methyl sites for hydroxylation is 1. The second-order valence-electron chi connectivity index (χ2n) is 7.70. The fourth-order valence-corrected chi connectivity index (χ4v) is 3.94. The number of amides is 2. The zero-order chi connectivity index (χ0) is 22.3. The molecule has 162 valence electrons. The lowest BCUT2D eigenvalue weighted by atomic mass is 9.99. The van der Waals surface area contributed by atoms with Crippen LogP contribution in [0.15, 0.2) is 34.1 Å². The third-order valence-electron chi connectivity index (χ3n) is 5.69. The van der Waals surface area contributed by atoms with Crippen molar-refractivity contribution in [3.63, 3.8) is 0 Å². The van der Waals surface area contributed by atoms with E-state index >= 15 is 0 Å². The third kappa shape index (κ3) is 3.65. The largest absolute Gasteiger partial charge is 0.338 e. The molecule has 10 heteroatoms. The Morgan fingerprint density at radius 2 is 1.90 bits per heavy atom. The molecule has 1 N–H and O–H groups in total. The first-order valence-electron chi connectivity index (χ1n) is 10.1. The molecule has 1 aliphatic heterocycles. The number of carbonyl (C=O) groups excluding carboxylic acids is 2. The van der Waals surface area contributed by atoms with Crippen molar-refractivity contribution < 1.29 is 9.59 Å². The van der Waals surface area contributed by atoms with Crippen LogP contribution < -0.4 is 16.6 Å². The van der Waals surface area contributed by atoms with E-state index < -0.39 is 11.2 Å². The lowest BCUT2D eigenvalue weighted by molar-refractivity contribution is -0.131. The number of hydrogen-bond acceptors (Lipinski definition) is 5. The first kappa shape index (κ1) is 20.6. The summed E-state index contributed by atoms with van der Waals surface area (Å²) in [4.78, 5) is 55.2. The molecule has 0 unspecified atom stereocenters. The van der Waals surface area contributed by atoms with E-state index in [-0.39, 0.29) is 29.5 Å². The van der Waals surface area contributed by atoms with Crippen LogP contribution in [0, 0.1) is 0 Å². The van der Waals surface area contributed by atoms with Gasteiger partial charge in [-0.15, -0.1) is 0 Å². The molecule has 0 saturated heterocycles. The average Bonchev–Trinajstić information content (AvgIpc) is 3.18. The molecule has 31 heavy (non-hydrogen) atoms. The quantitative estimate of drug-likeness (QED) is 0.650. The molecular formula is C21H24N6O4. The van der Waals surface area contributed by atoms with Crippen LogP contribution in [-0.2, 0) is 43.2 Å². The van der Waals surface area contributed by atoms with E-state index in [1.54, 1.807) is 0 Å². The third-order valence-corrected chi connectivity index (χ3v) is 5.69. The van der Waals surface area contributed by atoms with Crippen molar-refractivity contribution in [2.75, 3.05) is 11.9 Å². The molecule has 1 aliphatic rings. The molecule has 2 amide bonds. The van der Waals surface area contributed by atoms with Crippen LogP contribution in [0.25, 0.3) is 11.2 Å². The van der Waals surface area contributed by atoms with Crippen LogP contribution in [0.1, 0.15) is 24.5 Å². The number of benzene rings is 1. The summed E-state index contributed by atoms with van der Waals surface area (Å²) in [7, 11) is 2.92. The summed E-state index contributed by atoms with van der Waals surface area (Å²) in [6.07, 6.45) is 2.64. The van der Waals surface area contributed by atoms with E-state index in [9.17, 15) is 19.2 Å². The Bertz CT molecular complexity index is 1320. The summed E-state index contributed by atoms with van der Waals surface area (Å²) in [5.74, 6) is -0.212. The highest BCUT2D eigenvalue weighted by molar-refractivity contribution is 5.91. The first-order valence-corrected chi connectivity index (χ1v) is 10.1. The van der Waals surface area contributed by atoms with Gasteiger partial charge in [0.1, 0.15) is 6.54 Å². The summed E-state index contributed by atoms with van der Waals surface area (Å²) in [6.45, 7) is 2.96. The summed E-state index contributed by atoms with van der Waals surface area (Å²) in [5, 5.41) is 2.84. The molecule has 0 bridgehead atoms. The van der Waals surface area contributed by atoms with Gasteiger partial charge in [0.25, 0.3) is 5.56 Å². The number of aromatic nitrogens is 4. The van der Waals surface area contributed by atoms with Gasteiger partial charge in [-0.05, 0) is 29.7 Å². The van der Waals surface area contributed by atoms with Crippen molar-refractivity contribution in [3.05, 3.63) is 56.5 Å². The molecule has 0 fully saturated rings. The minimum atomic E-state index is -0.502. The standard InChI is InChI=1S/C21H24N6O4/c1-4-17(29)26-8-7-13-5-6-15(9-14(13)10-26)23-16(28)11-27-12-22-19-18(27)20(30)25(3)21(31)24(19)2/h5-6,9,12H,4,7-8,10-11H2,1-3H3,(H,23,28). The van der Waals surface area contributed by atoms with Crippen molar-refractivity contribution in [2.45, 2.75) is 32.9 Å². The van der Waals surface area contributed by atoms with Gasteiger partial charge >= 0.3 is 5.69 Å². The topological polar surface area (TPSA) is 111 Å². The molecule has 2 aromatic heterocycles. The highest BCUT2D eigenvalue weighted by atomic mass is 16.2. The lowest BCUT2D eigenvalue weighted by Crippen LogP contribution is -2.37. The maximum absolute atomic E-state index is 12.7. The van der Waals surface area contributed by atoms with Crippen LogP contribution in [0.2, 0.25) is 0 Å². The van der Waals surface area contributed by atoms with Crippen LogP contribution in [-0.4, -0.2) is 41.9 Å². The van der Waals surface area contributed by atoms with Gasteiger partial charge in [0.05, 0.1) is 6.33 Å². The number of rotatable bonds is 4. The number of fused-ring (bicyclic) bond motifs is 2. The number of hydrogen-bond donors (Lipinski definition) is 1. The molecule has 1 aromatic carbocycles. The molecule has 0 aliphatic carbocycles. The minimum absolute atomic E-state index is 0.114. The number of carbonyl (C=O) groups is 2. The van der Waals surface area contributed by atoms with E-state index in [0.717, 1.165) is 16.6 Å². The SMILES string of the molecule is CCC(=O)N1CCc2ccc(NC(=O)Cn3cnc4c3c(=O)n(C)c(=O)n4C)cc2C1. The van der Waals surface area contributed by atoms with Gasteiger partial charge in [-0.1, -0.05) is 13.0 Å². The second-order valence-corrected chi connectivity index (χ2v) is 7.70. The first-order chi connectivity index (χ1) is 14.8. The average molecular weight is 424 g/mol. The van der Waals surface area contributed by atoms with Crippen LogP contribution in [0.5, 0.6) is 0 Å². The molecule has 3 aromatic rings. The molecule has 3 heterocycles. The second kappa shape index (κ2) is 7.86. The van der Waals surface area contributed by atoms with E-state index in [1.807, 2.05) is 30.0 Å². The predicted octanol–water partition coefficient (Wildman–Crippen LogP) is 0.367. The van der Waals surface area contributed by atoms with Gasteiger partial charge in [-0.3, -0.25) is 23.5 Å². The maximum atomic E-state index is 12.7. The lowest BCUT2D eigenvalue weighted by Gasteiger charge is -2.29. The summed E-state index contributed by atoms with van der Waals surface area (Å²) in [6, 6.07) is 5.69. The van der Waals surface area contributed by atoms with Crippen molar-refractivity contribution in [1.29, 1.82) is 0 Å². The normalized spacial score (nSPS) is 13.3. The Balaban J connectivity index is 1.55. The van der Waals surface area contributed by atoms with Gasteiger partial charge in [0.2, 0.25) is 11.8 Å². The number of anilines is 1. The number of imidazole rings is 1. The zero-order valence-corrected chi connectivity index (χ0v) is 17.7. The minimum Gasteiger partial charge on any atom is -0.338 e. The van der Waals surface area contributed by atoms with Gasteiger partial charge in [-0.25, -0.2) is 9.78 Å². The number of nitrogens with one attached hydrogen (secondary N) is 1. The summed E-state index contributed by atoms with van der Waals surface area (Å²) < 4.78 is 3.70.